The average Bonchev–Trinajstić information content (AvgIpc) is 1.87. The lowest BCUT2D eigenvalue weighted by Crippen LogP contribution is -1.95. The number of rotatable bonds is 6. The Labute approximate surface area is 63.8 Å². The van der Waals surface area contributed by atoms with Crippen LogP contribution in [0.1, 0.15) is 12.8 Å². The van der Waals surface area contributed by atoms with Crippen LogP contribution in [0.15, 0.2) is 0 Å². The molecule has 0 saturated heterocycles. The van der Waals surface area contributed by atoms with Crippen LogP contribution in [-0.4, -0.2) is 28.9 Å². The number of carboxylic acid groups (broad SMARTS) is 1. The number of hydrogen-bond donors (Lipinski definition) is 1. The quantitative estimate of drug-likeness (QED) is 0.463. The molecule has 4 heteroatoms. The largest absolute Gasteiger partial charge is 0.481 e. The number of carboxylic acids is 1. The molecule has 3 nitrogen and oxygen atoms in total. The molecular weight excluding hydrogens is 152 g/mol. The van der Waals surface area contributed by atoms with E-state index in [1.807, 2.05) is 0 Å². The molecule has 0 amide bonds. The molecule has 0 aliphatic heterocycles. The monoisotopic (exact) mass is 162 g/mol. The molecule has 0 heterocycles. The van der Waals surface area contributed by atoms with E-state index in [4.69, 9.17) is 5.11 Å². The van der Waals surface area contributed by atoms with Gasteiger partial charge in [0.25, 0.3) is 0 Å². The highest BCUT2D eigenvalue weighted by atomic mass is 32.2. The second-order valence-electron chi connectivity index (χ2n) is 1.74. The Morgan fingerprint density at radius 3 is 2.80 bits per heavy atom. The Kier molecular flexibility index (Phi) is 6.27. The summed E-state index contributed by atoms with van der Waals surface area (Å²) in [7, 11) is 0. The van der Waals surface area contributed by atoms with Gasteiger partial charge in [-0.05, 0) is 12.2 Å². The molecule has 10 heavy (non-hydrogen) atoms. The molecule has 0 fully saturated rings. The second-order valence-corrected chi connectivity index (χ2v) is 2.89. The fourth-order valence-electron chi connectivity index (χ4n) is 0.457. The Morgan fingerprint density at radius 1 is 1.60 bits per heavy atom. The predicted octanol–water partition coefficient (Wildman–Crippen LogP) is 0.783. The van der Waals surface area contributed by atoms with Gasteiger partial charge in [-0.2, -0.15) is 11.8 Å². The number of aliphatic carboxylic acids is 1. The molecule has 0 atom stereocenters. The predicted molar refractivity (Wildman–Crippen MR) is 40.3 cm³/mol. The fourth-order valence-corrected chi connectivity index (χ4v) is 1.07. The van der Waals surface area contributed by atoms with Crippen molar-refractivity contribution in [3.05, 3.63) is 0 Å². The first-order valence-electron chi connectivity index (χ1n) is 3.00. The standard InChI is InChI=1S/C6H10O3S/c7-3-5-10-4-1-2-6(8)9/h3H,1-2,4-5H2,(H,8,9). The molecule has 0 aliphatic rings. The first-order chi connectivity index (χ1) is 4.77. The van der Waals surface area contributed by atoms with Crippen LogP contribution in [0.5, 0.6) is 0 Å². The van der Waals surface area contributed by atoms with Crippen molar-refractivity contribution in [1.82, 2.24) is 0 Å². The Bertz CT molecular complexity index is 114. The molecule has 0 bridgehead atoms. The van der Waals surface area contributed by atoms with Crippen LogP contribution in [0.4, 0.5) is 0 Å². The van der Waals surface area contributed by atoms with Crippen molar-refractivity contribution >= 4 is 24.0 Å². The maximum Gasteiger partial charge on any atom is 0.303 e. The van der Waals surface area contributed by atoms with Gasteiger partial charge in [0.05, 0.1) is 0 Å². The minimum atomic E-state index is -0.772. The highest BCUT2D eigenvalue weighted by molar-refractivity contribution is 7.99. The number of hydrogen-bond acceptors (Lipinski definition) is 3. The van der Waals surface area contributed by atoms with E-state index in [0.717, 1.165) is 12.0 Å². The van der Waals surface area contributed by atoms with Gasteiger partial charge >= 0.3 is 5.97 Å². The molecule has 1 N–H and O–H groups in total. The molecule has 0 radical (unpaired) electrons. The van der Waals surface area contributed by atoms with Gasteiger partial charge in [0.2, 0.25) is 0 Å². The lowest BCUT2D eigenvalue weighted by atomic mass is 10.3. The number of carbonyl (C=O) groups excluding carboxylic acids is 1. The van der Waals surface area contributed by atoms with Gasteiger partial charge in [0.1, 0.15) is 6.29 Å². The first-order valence-corrected chi connectivity index (χ1v) is 4.16. The van der Waals surface area contributed by atoms with Gasteiger partial charge in [-0.3, -0.25) is 4.79 Å². The van der Waals surface area contributed by atoms with Crippen LogP contribution in [0.2, 0.25) is 0 Å². The maximum atomic E-state index is 9.95. The summed E-state index contributed by atoms with van der Waals surface area (Å²) in [4.78, 5) is 19.7. The lowest BCUT2D eigenvalue weighted by Gasteiger charge is -1.92. The lowest BCUT2D eigenvalue weighted by molar-refractivity contribution is -0.137. The van der Waals surface area contributed by atoms with Crippen LogP contribution < -0.4 is 0 Å². The normalized spacial score (nSPS) is 9.20. The molecule has 0 saturated carbocycles. The minimum absolute atomic E-state index is 0.200. The summed E-state index contributed by atoms with van der Waals surface area (Å²) in [5, 5.41) is 8.19. The van der Waals surface area contributed by atoms with Crippen LogP contribution in [0, 0.1) is 0 Å². The zero-order valence-corrected chi connectivity index (χ0v) is 6.39. The van der Waals surface area contributed by atoms with Crippen molar-refractivity contribution in [1.29, 1.82) is 0 Å². The summed E-state index contributed by atoms with van der Waals surface area (Å²) in [5.74, 6) is 0.455. The molecule has 0 aromatic heterocycles. The van der Waals surface area contributed by atoms with Crippen molar-refractivity contribution in [3.8, 4) is 0 Å². The molecular formula is C6H10O3S. The van der Waals surface area contributed by atoms with E-state index in [9.17, 15) is 9.59 Å². The number of carbonyl (C=O) groups is 2. The minimum Gasteiger partial charge on any atom is -0.481 e. The Balaban J connectivity index is 2.90. The third-order valence-electron chi connectivity index (χ3n) is 0.865. The Hall–Kier alpha value is -0.510. The van der Waals surface area contributed by atoms with Crippen LogP contribution in [0.3, 0.4) is 0 Å². The van der Waals surface area contributed by atoms with Crippen LogP contribution in [0.25, 0.3) is 0 Å². The summed E-state index contributed by atoms with van der Waals surface area (Å²) in [5.41, 5.74) is 0. The van der Waals surface area contributed by atoms with Crippen molar-refractivity contribution < 1.29 is 14.7 Å². The summed E-state index contributed by atoms with van der Waals surface area (Å²) in [6.45, 7) is 0. The topological polar surface area (TPSA) is 54.4 Å². The summed E-state index contributed by atoms with van der Waals surface area (Å²) in [6.07, 6.45) is 1.67. The van der Waals surface area contributed by atoms with Gasteiger partial charge in [0, 0.05) is 12.2 Å². The Morgan fingerprint density at radius 2 is 2.30 bits per heavy atom. The van der Waals surface area contributed by atoms with Gasteiger partial charge in [-0.25, -0.2) is 0 Å². The molecule has 58 valence electrons. The van der Waals surface area contributed by atoms with Crippen molar-refractivity contribution in [3.63, 3.8) is 0 Å². The van der Waals surface area contributed by atoms with E-state index in [1.165, 1.54) is 11.8 Å². The third kappa shape index (κ3) is 7.49. The first kappa shape index (κ1) is 9.49. The van der Waals surface area contributed by atoms with Gasteiger partial charge in [0.15, 0.2) is 0 Å². The summed E-state index contributed by atoms with van der Waals surface area (Å²) < 4.78 is 0. The van der Waals surface area contributed by atoms with Crippen molar-refractivity contribution in [2.45, 2.75) is 12.8 Å². The third-order valence-corrected chi connectivity index (χ3v) is 1.81. The van der Waals surface area contributed by atoms with E-state index in [0.29, 0.717) is 12.2 Å². The highest BCUT2D eigenvalue weighted by Gasteiger charge is 1.94. The fraction of sp³-hybridized carbons (Fsp3) is 0.667. The molecule has 0 aromatic rings. The van der Waals surface area contributed by atoms with Gasteiger partial charge in [-0.1, -0.05) is 0 Å². The SMILES string of the molecule is O=CCSCCCC(=O)O. The molecule has 0 spiro atoms. The van der Waals surface area contributed by atoms with Crippen molar-refractivity contribution in [2.24, 2.45) is 0 Å². The average molecular weight is 162 g/mol. The molecule has 0 aliphatic carbocycles. The summed E-state index contributed by atoms with van der Waals surface area (Å²) in [6, 6.07) is 0. The van der Waals surface area contributed by atoms with E-state index in [2.05, 4.69) is 0 Å². The smallest absolute Gasteiger partial charge is 0.303 e. The zero-order valence-electron chi connectivity index (χ0n) is 5.58. The van der Waals surface area contributed by atoms with Gasteiger partial charge < -0.3 is 9.90 Å². The highest BCUT2D eigenvalue weighted by Crippen LogP contribution is 2.01. The number of aldehydes is 1. The van der Waals surface area contributed by atoms with Crippen molar-refractivity contribution in [2.75, 3.05) is 11.5 Å². The van der Waals surface area contributed by atoms with E-state index in [-0.39, 0.29) is 6.42 Å². The summed E-state index contributed by atoms with van der Waals surface area (Å²) >= 11 is 1.46. The van der Waals surface area contributed by atoms with E-state index >= 15 is 0 Å². The van der Waals surface area contributed by atoms with E-state index < -0.39 is 5.97 Å². The molecule has 0 unspecified atom stereocenters. The van der Waals surface area contributed by atoms with Crippen LogP contribution in [-0.2, 0) is 9.59 Å². The maximum absolute atomic E-state index is 9.95. The molecule has 0 rings (SSSR count). The van der Waals surface area contributed by atoms with Crippen LogP contribution >= 0.6 is 11.8 Å². The molecule has 0 aromatic carbocycles. The van der Waals surface area contributed by atoms with E-state index in [1.54, 1.807) is 0 Å². The zero-order chi connectivity index (χ0) is 7.82. The second kappa shape index (κ2) is 6.61. The van der Waals surface area contributed by atoms with Gasteiger partial charge in [-0.15, -0.1) is 0 Å². The number of thioether (sulfide) groups is 1.